The number of aromatic hydroxyl groups is 1. The maximum atomic E-state index is 12.2. The Kier molecular flexibility index (Phi) is 3.58. The zero-order chi connectivity index (χ0) is 15.1. The van der Waals surface area contributed by atoms with Gasteiger partial charge in [0.15, 0.2) is 0 Å². The number of rotatable bonds is 0. The zero-order valence-corrected chi connectivity index (χ0v) is 12.6. The first-order valence-corrected chi connectivity index (χ1v) is 6.72. The quantitative estimate of drug-likeness (QED) is 0.787. The fourth-order valence-corrected chi connectivity index (χ4v) is 2.27. The second-order valence-corrected chi connectivity index (χ2v) is 6.18. The molecule has 1 unspecified atom stereocenters. The number of aromatic nitrogens is 2. The molecule has 1 aromatic heterocycles. The average Bonchev–Trinajstić information content (AvgIpc) is 2.27. The largest absolute Gasteiger partial charge is 0.493 e. The van der Waals surface area contributed by atoms with Gasteiger partial charge in [-0.3, -0.25) is 4.90 Å². The number of ether oxygens (including phenoxy) is 1. The maximum Gasteiger partial charge on any atom is 0.410 e. The second-order valence-electron chi connectivity index (χ2n) is 6.18. The van der Waals surface area contributed by atoms with Crippen molar-refractivity contribution in [3.63, 3.8) is 0 Å². The van der Waals surface area contributed by atoms with Crippen LogP contribution in [0.25, 0.3) is 0 Å². The lowest BCUT2D eigenvalue weighted by Gasteiger charge is -2.35. The molecule has 0 saturated carbocycles. The summed E-state index contributed by atoms with van der Waals surface area (Å²) in [5, 5.41) is 9.88. The SMILES string of the molecule is Cc1nc(O)c2c(n1)CN(C(=O)OC(C)(C)C)C(C)C2. The summed E-state index contributed by atoms with van der Waals surface area (Å²) in [4.78, 5) is 22.1. The topological polar surface area (TPSA) is 75.6 Å². The van der Waals surface area contributed by atoms with E-state index in [4.69, 9.17) is 4.74 Å². The molecule has 2 heterocycles. The van der Waals surface area contributed by atoms with Crippen LogP contribution in [0.2, 0.25) is 0 Å². The van der Waals surface area contributed by atoms with Crippen LogP contribution in [0.3, 0.4) is 0 Å². The van der Waals surface area contributed by atoms with Crippen LogP contribution < -0.4 is 0 Å². The van der Waals surface area contributed by atoms with Gasteiger partial charge < -0.3 is 9.84 Å². The number of nitrogens with zero attached hydrogens (tertiary/aromatic N) is 3. The summed E-state index contributed by atoms with van der Waals surface area (Å²) in [7, 11) is 0. The van der Waals surface area contributed by atoms with Crippen LogP contribution in [0.4, 0.5) is 4.79 Å². The van der Waals surface area contributed by atoms with Gasteiger partial charge in [-0.15, -0.1) is 0 Å². The lowest BCUT2D eigenvalue weighted by Crippen LogP contribution is -2.45. The van der Waals surface area contributed by atoms with E-state index < -0.39 is 5.60 Å². The molecule has 0 aliphatic carbocycles. The number of fused-ring (bicyclic) bond motifs is 1. The Morgan fingerprint density at radius 2 is 2.05 bits per heavy atom. The van der Waals surface area contributed by atoms with Crippen LogP contribution >= 0.6 is 0 Å². The Morgan fingerprint density at radius 1 is 1.40 bits per heavy atom. The van der Waals surface area contributed by atoms with Crippen LogP contribution in [0.1, 0.15) is 44.8 Å². The molecule has 1 aliphatic rings. The normalized spacial score (nSPS) is 18.6. The van der Waals surface area contributed by atoms with Gasteiger partial charge in [0.05, 0.1) is 12.2 Å². The Balaban J connectivity index is 2.25. The monoisotopic (exact) mass is 279 g/mol. The minimum absolute atomic E-state index is 0.0168. The number of carbonyl (C=O) groups excluding carboxylic acids is 1. The van der Waals surface area contributed by atoms with Gasteiger partial charge in [0.1, 0.15) is 11.4 Å². The van der Waals surface area contributed by atoms with Crippen molar-refractivity contribution in [3.05, 3.63) is 17.1 Å². The van der Waals surface area contributed by atoms with Crippen LogP contribution in [0, 0.1) is 6.92 Å². The lowest BCUT2D eigenvalue weighted by molar-refractivity contribution is 0.0132. The first kappa shape index (κ1) is 14.6. The van der Waals surface area contributed by atoms with Crippen molar-refractivity contribution in [3.8, 4) is 5.88 Å². The second kappa shape index (κ2) is 4.92. The molecule has 2 rings (SSSR count). The van der Waals surface area contributed by atoms with Gasteiger partial charge >= 0.3 is 6.09 Å². The Hall–Kier alpha value is -1.85. The Labute approximate surface area is 118 Å². The summed E-state index contributed by atoms with van der Waals surface area (Å²) >= 11 is 0. The lowest BCUT2D eigenvalue weighted by atomic mass is 10.00. The molecule has 1 aliphatic heterocycles. The standard InChI is InChI=1S/C14H21N3O3/c1-8-6-10-11(15-9(2)16-12(10)18)7-17(8)13(19)20-14(3,4)5/h8H,6-7H2,1-5H3,(H,15,16,18). The maximum absolute atomic E-state index is 12.2. The highest BCUT2D eigenvalue weighted by Crippen LogP contribution is 2.28. The van der Waals surface area contributed by atoms with Crippen molar-refractivity contribution < 1.29 is 14.6 Å². The van der Waals surface area contributed by atoms with Gasteiger partial charge in [-0.25, -0.2) is 9.78 Å². The summed E-state index contributed by atoms with van der Waals surface area (Å²) in [6.45, 7) is 9.49. The third-order valence-electron chi connectivity index (χ3n) is 3.16. The van der Waals surface area contributed by atoms with Crippen LogP contribution in [-0.4, -0.2) is 37.7 Å². The van der Waals surface area contributed by atoms with Gasteiger partial charge in [-0.1, -0.05) is 0 Å². The molecule has 0 saturated heterocycles. The summed E-state index contributed by atoms with van der Waals surface area (Å²) in [6.07, 6.45) is 0.173. The van der Waals surface area contributed by atoms with Crippen molar-refractivity contribution in [1.29, 1.82) is 0 Å². The predicted molar refractivity (Wildman–Crippen MR) is 73.4 cm³/mol. The molecular formula is C14H21N3O3. The molecule has 0 spiro atoms. The molecular weight excluding hydrogens is 258 g/mol. The molecule has 0 radical (unpaired) electrons. The number of carbonyl (C=O) groups is 1. The summed E-state index contributed by atoms with van der Waals surface area (Å²) in [5.41, 5.74) is 0.891. The third kappa shape index (κ3) is 3.00. The first-order valence-electron chi connectivity index (χ1n) is 6.72. The van der Waals surface area contributed by atoms with E-state index in [1.54, 1.807) is 11.8 Å². The first-order chi connectivity index (χ1) is 9.17. The molecule has 110 valence electrons. The summed E-state index contributed by atoms with van der Waals surface area (Å²) in [5.74, 6) is 0.517. The minimum atomic E-state index is -0.527. The molecule has 1 amide bonds. The Bertz CT molecular complexity index is 537. The number of hydrogen-bond donors (Lipinski definition) is 1. The molecule has 20 heavy (non-hydrogen) atoms. The van der Waals surface area contributed by atoms with E-state index in [2.05, 4.69) is 9.97 Å². The van der Waals surface area contributed by atoms with Gasteiger partial charge in [-0.05, 0) is 41.0 Å². The van der Waals surface area contributed by atoms with Crippen LogP contribution in [0.5, 0.6) is 5.88 Å². The van der Waals surface area contributed by atoms with E-state index in [-0.39, 0.29) is 18.0 Å². The van der Waals surface area contributed by atoms with Gasteiger partial charge in [0, 0.05) is 11.6 Å². The van der Waals surface area contributed by atoms with Crippen molar-refractivity contribution in [2.24, 2.45) is 0 Å². The molecule has 1 N–H and O–H groups in total. The van der Waals surface area contributed by atoms with E-state index in [0.29, 0.717) is 24.5 Å². The molecule has 1 atom stereocenters. The molecule has 0 bridgehead atoms. The van der Waals surface area contributed by atoms with Crippen LogP contribution in [0.15, 0.2) is 0 Å². The highest BCUT2D eigenvalue weighted by Gasteiger charge is 2.32. The summed E-state index contributed by atoms with van der Waals surface area (Å²) < 4.78 is 5.40. The highest BCUT2D eigenvalue weighted by atomic mass is 16.6. The molecule has 0 aromatic carbocycles. The van der Waals surface area contributed by atoms with E-state index in [9.17, 15) is 9.90 Å². The Morgan fingerprint density at radius 3 is 2.65 bits per heavy atom. The number of aryl methyl sites for hydroxylation is 1. The summed E-state index contributed by atoms with van der Waals surface area (Å²) in [6, 6.07) is -0.0606. The fraction of sp³-hybridized carbons (Fsp3) is 0.643. The van der Waals surface area contributed by atoms with E-state index in [0.717, 1.165) is 5.56 Å². The molecule has 1 aromatic rings. The van der Waals surface area contributed by atoms with Gasteiger partial charge in [0.2, 0.25) is 5.88 Å². The molecule has 0 fully saturated rings. The highest BCUT2D eigenvalue weighted by molar-refractivity contribution is 5.69. The smallest absolute Gasteiger partial charge is 0.410 e. The average molecular weight is 279 g/mol. The fourth-order valence-electron chi connectivity index (χ4n) is 2.27. The molecule has 6 nitrogen and oxygen atoms in total. The van der Waals surface area contributed by atoms with E-state index in [1.807, 2.05) is 27.7 Å². The third-order valence-corrected chi connectivity index (χ3v) is 3.16. The molecule has 6 heteroatoms. The van der Waals surface area contributed by atoms with Gasteiger partial charge in [0.25, 0.3) is 0 Å². The van der Waals surface area contributed by atoms with E-state index >= 15 is 0 Å². The van der Waals surface area contributed by atoms with Crippen molar-refractivity contribution >= 4 is 6.09 Å². The van der Waals surface area contributed by atoms with Crippen molar-refractivity contribution in [2.75, 3.05) is 0 Å². The van der Waals surface area contributed by atoms with Gasteiger partial charge in [-0.2, -0.15) is 4.98 Å². The van der Waals surface area contributed by atoms with Crippen molar-refractivity contribution in [2.45, 2.75) is 59.2 Å². The zero-order valence-electron chi connectivity index (χ0n) is 12.6. The number of amides is 1. The van der Waals surface area contributed by atoms with Crippen molar-refractivity contribution in [1.82, 2.24) is 14.9 Å². The van der Waals surface area contributed by atoms with E-state index in [1.165, 1.54) is 0 Å². The number of hydrogen-bond acceptors (Lipinski definition) is 5. The minimum Gasteiger partial charge on any atom is -0.493 e. The van der Waals surface area contributed by atoms with Crippen LogP contribution in [-0.2, 0) is 17.7 Å². The predicted octanol–water partition coefficient (Wildman–Crippen LogP) is 2.17.